The molecule has 0 aliphatic heterocycles. The zero-order valence-electron chi connectivity index (χ0n) is 8.53. The van der Waals surface area contributed by atoms with Crippen molar-refractivity contribution in [1.82, 2.24) is 4.90 Å². The number of nitrogens with zero attached hydrogens (tertiary/aromatic N) is 1. The molecule has 2 N–H and O–H groups in total. The van der Waals surface area contributed by atoms with Gasteiger partial charge in [-0.3, -0.25) is 4.90 Å². The second-order valence-corrected chi connectivity index (χ2v) is 3.40. The number of hydrogen-bond acceptors (Lipinski definition) is 2. The fraction of sp³-hybridized carbons (Fsp3) is 1.00. The average molecular weight is 252 g/mol. The monoisotopic (exact) mass is 252 g/mol. The molecular weight excluding hydrogens is 238 g/mol. The zero-order chi connectivity index (χ0) is 12.8. The lowest BCUT2D eigenvalue weighted by Gasteiger charge is -2.22. The quantitative estimate of drug-likeness (QED) is 0.734. The van der Waals surface area contributed by atoms with E-state index in [4.69, 9.17) is 5.73 Å². The van der Waals surface area contributed by atoms with Crippen LogP contribution in [0, 0.1) is 0 Å². The van der Waals surface area contributed by atoms with Crippen LogP contribution in [0.1, 0.15) is 12.8 Å². The van der Waals surface area contributed by atoms with Crippen molar-refractivity contribution >= 4 is 0 Å². The second kappa shape index (κ2) is 6.29. The van der Waals surface area contributed by atoms with E-state index in [2.05, 4.69) is 0 Å². The Morgan fingerprint density at radius 2 is 1.44 bits per heavy atom. The lowest BCUT2D eigenvalue weighted by molar-refractivity contribution is -0.149. The molecule has 0 rings (SSSR count). The Kier molecular flexibility index (Phi) is 6.09. The standard InChI is InChI=1S/C8H14F6N2/c9-7(10,11)2-1-4-16(5-3-15)6-8(12,13)14/h1-6,15H2. The minimum atomic E-state index is -4.41. The summed E-state index contributed by atoms with van der Waals surface area (Å²) in [5.74, 6) is 0. The highest BCUT2D eigenvalue weighted by atomic mass is 19.4. The van der Waals surface area contributed by atoms with E-state index in [9.17, 15) is 26.3 Å². The van der Waals surface area contributed by atoms with Gasteiger partial charge in [0.2, 0.25) is 0 Å². The van der Waals surface area contributed by atoms with E-state index in [1.54, 1.807) is 0 Å². The van der Waals surface area contributed by atoms with E-state index in [0.29, 0.717) is 0 Å². The fourth-order valence-electron chi connectivity index (χ4n) is 1.21. The third-order valence-corrected chi connectivity index (χ3v) is 1.78. The minimum Gasteiger partial charge on any atom is -0.329 e. The Hall–Kier alpha value is -0.500. The Morgan fingerprint density at radius 1 is 0.875 bits per heavy atom. The van der Waals surface area contributed by atoms with Gasteiger partial charge in [-0.25, -0.2) is 0 Å². The van der Waals surface area contributed by atoms with Gasteiger partial charge in [-0.1, -0.05) is 0 Å². The average Bonchev–Trinajstić information content (AvgIpc) is 1.98. The van der Waals surface area contributed by atoms with Crippen LogP contribution in [0.4, 0.5) is 26.3 Å². The molecule has 16 heavy (non-hydrogen) atoms. The van der Waals surface area contributed by atoms with Gasteiger partial charge >= 0.3 is 12.4 Å². The summed E-state index contributed by atoms with van der Waals surface area (Å²) in [5.41, 5.74) is 5.07. The van der Waals surface area contributed by atoms with Crippen LogP contribution in [0.5, 0.6) is 0 Å². The predicted octanol–water partition coefficient (Wildman–Crippen LogP) is 2.15. The molecule has 0 saturated carbocycles. The van der Waals surface area contributed by atoms with Gasteiger partial charge in [0, 0.05) is 19.5 Å². The first-order valence-electron chi connectivity index (χ1n) is 4.70. The molecule has 0 aromatic carbocycles. The Bertz CT molecular complexity index is 188. The SMILES string of the molecule is NCCN(CCCC(F)(F)F)CC(F)(F)F. The largest absolute Gasteiger partial charge is 0.401 e. The highest BCUT2D eigenvalue weighted by Gasteiger charge is 2.31. The van der Waals surface area contributed by atoms with E-state index in [1.807, 2.05) is 0 Å². The van der Waals surface area contributed by atoms with Crippen LogP contribution in [0.2, 0.25) is 0 Å². The first-order valence-corrected chi connectivity index (χ1v) is 4.70. The number of rotatable bonds is 6. The lowest BCUT2D eigenvalue weighted by atomic mass is 10.3. The minimum absolute atomic E-state index is 0.0118. The van der Waals surface area contributed by atoms with Crippen LogP contribution in [0.25, 0.3) is 0 Å². The van der Waals surface area contributed by atoms with Gasteiger partial charge in [0.1, 0.15) is 0 Å². The molecule has 0 aliphatic rings. The first kappa shape index (κ1) is 15.5. The summed E-state index contributed by atoms with van der Waals surface area (Å²) in [6, 6.07) is 0. The number of nitrogens with two attached hydrogens (primary N) is 1. The lowest BCUT2D eigenvalue weighted by Crippen LogP contribution is -2.38. The van der Waals surface area contributed by atoms with Crippen molar-refractivity contribution in [3.05, 3.63) is 0 Å². The molecule has 0 fully saturated rings. The summed E-state index contributed by atoms with van der Waals surface area (Å²) in [4.78, 5) is 0.881. The highest BCUT2D eigenvalue weighted by Crippen LogP contribution is 2.22. The fourth-order valence-corrected chi connectivity index (χ4v) is 1.21. The van der Waals surface area contributed by atoms with E-state index < -0.39 is 25.3 Å². The van der Waals surface area contributed by atoms with Gasteiger partial charge in [0.25, 0.3) is 0 Å². The topological polar surface area (TPSA) is 29.3 Å². The van der Waals surface area contributed by atoms with E-state index in [-0.39, 0.29) is 26.1 Å². The van der Waals surface area contributed by atoms with E-state index in [1.165, 1.54) is 0 Å². The van der Waals surface area contributed by atoms with Crippen LogP contribution in [0.15, 0.2) is 0 Å². The maximum Gasteiger partial charge on any atom is 0.401 e. The Morgan fingerprint density at radius 3 is 1.81 bits per heavy atom. The van der Waals surface area contributed by atoms with Gasteiger partial charge in [0.15, 0.2) is 0 Å². The summed E-state index contributed by atoms with van der Waals surface area (Å²) in [6.07, 6.45) is -10.2. The molecule has 0 aromatic heterocycles. The molecule has 0 saturated heterocycles. The highest BCUT2D eigenvalue weighted by molar-refractivity contribution is 4.65. The summed E-state index contributed by atoms with van der Waals surface area (Å²) in [5, 5.41) is 0. The maximum atomic E-state index is 12.0. The van der Waals surface area contributed by atoms with E-state index >= 15 is 0 Å². The van der Waals surface area contributed by atoms with Crippen LogP contribution in [-0.4, -0.2) is 43.4 Å². The Balaban J connectivity index is 3.95. The molecule has 0 aromatic rings. The summed E-state index contributed by atoms with van der Waals surface area (Å²) in [7, 11) is 0. The van der Waals surface area contributed by atoms with Gasteiger partial charge in [-0.05, 0) is 13.0 Å². The van der Waals surface area contributed by atoms with E-state index in [0.717, 1.165) is 4.90 Å². The molecule has 0 amide bonds. The van der Waals surface area contributed by atoms with Crippen LogP contribution in [-0.2, 0) is 0 Å². The van der Waals surface area contributed by atoms with Crippen molar-refractivity contribution in [3.63, 3.8) is 0 Å². The molecule has 0 bridgehead atoms. The molecule has 0 atom stereocenters. The van der Waals surface area contributed by atoms with Crippen molar-refractivity contribution in [3.8, 4) is 0 Å². The molecule has 0 heterocycles. The number of alkyl halides is 6. The van der Waals surface area contributed by atoms with Crippen molar-refractivity contribution in [1.29, 1.82) is 0 Å². The summed E-state index contributed by atoms with van der Waals surface area (Å²) >= 11 is 0. The van der Waals surface area contributed by atoms with Gasteiger partial charge < -0.3 is 5.73 Å². The van der Waals surface area contributed by atoms with Crippen molar-refractivity contribution < 1.29 is 26.3 Å². The normalized spacial score (nSPS) is 13.5. The number of halogens is 6. The predicted molar refractivity (Wildman–Crippen MR) is 46.8 cm³/mol. The van der Waals surface area contributed by atoms with Crippen LogP contribution < -0.4 is 5.73 Å². The van der Waals surface area contributed by atoms with Crippen molar-refractivity contribution in [2.45, 2.75) is 25.2 Å². The maximum absolute atomic E-state index is 12.0. The van der Waals surface area contributed by atoms with Crippen molar-refractivity contribution in [2.75, 3.05) is 26.2 Å². The second-order valence-electron chi connectivity index (χ2n) is 3.40. The zero-order valence-corrected chi connectivity index (χ0v) is 8.53. The van der Waals surface area contributed by atoms with Gasteiger partial charge in [-0.15, -0.1) is 0 Å². The van der Waals surface area contributed by atoms with Gasteiger partial charge in [-0.2, -0.15) is 26.3 Å². The summed E-state index contributed by atoms with van der Waals surface area (Å²) < 4.78 is 71.2. The Labute approximate surface area is 89.4 Å². The smallest absolute Gasteiger partial charge is 0.329 e. The molecule has 2 nitrogen and oxygen atoms in total. The molecule has 0 spiro atoms. The molecule has 98 valence electrons. The van der Waals surface area contributed by atoms with Crippen molar-refractivity contribution in [2.24, 2.45) is 5.73 Å². The van der Waals surface area contributed by atoms with Crippen LogP contribution in [0.3, 0.4) is 0 Å². The van der Waals surface area contributed by atoms with Crippen LogP contribution >= 0.6 is 0 Å². The molecule has 8 heteroatoms. The molecule has 0 unspecified atom stereocenters. The third-order valence-electron chi connectivity index (χ3n) is 1.78. The molecule has 0 aliphatic carbocycles. The van der Waals surface area contributed by atoms with Gasteiger partial charge in [0.05, 0.1) is 6.54 Å². The third kappa shape index (κ3) is 10.0. The summed E-state index contributed by atoms with van der Waals surface area (Å²) in [6.45, 7) is -1.54. The number of hydrogen-bond donors (Lipinski definition) is 1. The first-order chi connectivity index (χ1) is 7.14. The molecule has 0 radical (unpaired) electrons. The molecular formula is C8H14F6N2.